The van der Waals surface area contributed by atoms with Crippen LogP contribution in [-0.2, 0) is 6.54 Å². The van der Waals surface area contributed by atoms with Crippen LogP contribution in [0.25, 0.3) is 10.9 Å². The van der Waals surface area contributed by atoms with Crippen molar-refractivity contribution in [3.63, 3.8) is 0 Å². The number of nitrogens with one attached hydrogen (secondary N) is 2. The molecule has 0 unspecified atom stereocenters. The van der Waals surface area contributed by atoms with Crippen LogP contribution in [0.1, 0.15) is 16.2 Å². The molecule has 0 aliphatic rings. The number of nitro groups is 1. The van der Waals surface area contributed by atoms with E-state index in [9.17, 15) is 14.9 Å². The molecule has 1 amide bonds. The molecule has 2 aromatic heterocycles. The molecular formula is C14H11N3O4. The minimum atomic E-state index is -0.483. The third kappa shape index (κ3) is 2.48. The van der Waals surface area contributed by atoms with Crippen LogP contribution in [0.5, 0.6) is 0 Å². The molecule has 0 spiro atoms. The number of hydrogen-bond donors (Lipinski definition) is 2. The minimum Gasteiger partial charge on any atom is -0.467 e. The molecule has 2 N–H and O–H groups in total. The Morgan fingerprint density at radius 2 is 2.19 bits per heavy atom. The molecule has 0 aliphatic heterocycles. The molecule has 2 heterocycles. The summed E-state index contributed by atoms with van der Waals surface area (Å²) in [7, 11) is 0. The summed E-state index contributed by atoms with van der Waals surface area (Å²) in [4.78, 5) is 25.3. The van der Waals surface area contributed by atoms with Gasteiger partial charge in [0, 0.05) is 11.5 Å². The van der Waals surface area contributed by atoms with Crippen LogP contribution in [0, 0.1) is 10.1 Å². The first kappa shape index (κ1) is 12.9. The van der Waals surface area contributed by atoms with Crippen molar-refractivity contribution in [1.29, 1.82) is 0 Å². The third-order valence-corrected chi connectivity index (χ3v) is 3.08. The highest BCUT2D eigenvalue weighted by molar-refractivity contribution is 6.00. The first-order valence-corrected chi connectivity index (χ1v) is 6.22. The number of nitrogens with zero attached hydrogens (tertiary/aromatic N) is 1. The second kappa shape index (κ2) is 5.12. The number of hydrogen-bond acceptors (Lipinski definition) is 4. The Kier molecular flexibility index (Phi) is 3.15. The van der Waals surface area contributed by atoms with Crippen LogP contribution in [0.3, 0.4) is 0 Å². The smallest absolute Gasteiger partial charge is 0.293 e. The summed E-state index contributed by atoms with van der Waals surface area (Å²) in [5.74, 6) is 0.280. The zero-order chi connectivity index (χ0) is 14.8. The van der Waals surface area contributed by atoms with Crippen molar-refractivity contribution < 1.29 is 14.1 Å². The fourth-order valence-corrected chi connectivity index (χ4v) is 2.09. The molecule has 7 nitrogen and oxygen atoms in total. The van der Waals surface area contributed by atoms with Crippen LogP contribution in [0.15, 0.2) is 47.1 Å². The van der Waals surface area contributed by atoms with Crippen molar-refractivity contribution in [3.8, 4) is 0 Å². The van der Waals surface area contributed by atoms with Crippen molar-refractivity contribution >= 4 is 22.5 Å². The number of para-hydroxylation sites is 1. The van der Waals surface area contributed by atoms with Gasteiger partial charge in [-0.1, -0.05) is 12.1 Å². The molecule has 1 aromatic carbocycles. The number of rotatable bonds is 4. The molecule has 0 bridgehead atoms. The summed E-state index contributed by atoms with van der Waals surface area (Å²) >= 11 is 0. The minimum absolute atomic E-state index is 0.0578. The molecule has 3 rings (SSSR count). The van der Waals surface area contributed by atoms with Gasteiger partial charge in [-0.3, -0.25) is 14.9 Å². The molecule has 0 fully saturated rings. The summed E-state index contributed by atoms with van der Waals surface area (Å²) < 4.78 is 5.12. The predicted molar refractivity (Wildman–Crippen MR) is 74.8 cm³/mol. The van der Waals surface area contributed by atoms with Crippen LogP contribution < -0.4 is 5.32 Å². The van der Waals surface area contributed by atoms with Gasteiger partial charge in [0.05, 0.1) is 17.7 Å². The first-order valence-electron chi connectivity index (χ1n) is 6.22. The molecule has 21 heavy (non-hydrogen) atoms. The lowest BCUT2D eigenvalue weighted by molar-refractivity contribution is -0.383. The third-order valence-electron chi connectivity index (χ3n) is 3.08. The number of H-pyrrole nitrogens is 1. The van der Waals surface area contributed by atoms with Gasteiger partial charge in [0.15, 0.2) is 0 Å². The number of non-ortho nitro benzene ring substituents is 1. The van der Waals surface area contributed by atoms with Crippen molar-refractivity contribution in [2.24, 2.45) is 0 Å². The maximum atomic E-state index is 12.0. The van der Waals surface area contributed by atoms with Gasteiger partial charge in [0.25, 0.3) is 11.6 Å². The predicted octanol–water partition coefficient (Wildman–Crippen LogP) is 2.60. The fraction of sp³-hybridized carbons (Fsp3) is 0.0714. The summed E-state index contributed by atoms with van der Waals surface area (Å²) in [6, 6.07) is 9.74. The highest BCUT2D eigenvalue weighted by Gasteiger charge is 2.16. The maximum absolute atomic E-state index is 12.0. The Hall–Kier alpha value is -3.09. The summed E-state index contributed by atoms with van der Waals surface area (Å²) in [5, 5.41) is 14.2. The lowest BCUT2D eigenvalue weighted by Gasteiger charge is -2.00. The molecular weight excluding hydrogens is 274 g/mol. The number of fused-ring (bicyclic) bond motifs is 1. The maximum Gasteiger partial charge on any atom is 0.293 e. The number of amides is 1. The van der Waals surface area contributed by atoms with Crippen molar-refractivity contribution in [2.75, 3.05) is 0 Å². The van der Waals surface area contributed by atoms with Gasteiger partial charge in [-0.2, -0.15) is 0 Å². The van der Waals surface area contributed by atoms with E-state index in [0.29, 0.717) is 16.7 Å². The fourth-order valence-electron chi connectivity index (χ4n) is 2.09. The topological polar surface area (TPSA) is 101 Å². The number of aromatic amines is 1. The Morgan fingerprint density at radius 3 is 2.90 bits per heavy atom. The largest absolute Gasteiger partial charge is 0.467 e. The quantitative estimate of drug-likeness (QED) is 0.568. The first-order chi connectivity index (χ1) is 10.1. The molecule has 106 valence electrons. The average molecular weight is 285 g/mol. The van der Waals surface area contributed by atoms with E-state index >= 15 is 0 Å². The van der Waals surface area contributed by atoms with E-state index in [4.69, 9.17) is 4.42 Å². The van der Waals surface area contributed by atoms with Crippen molar-refractivity contribution in [1.82, 2.24) is 10.3 Å². The van der Waals surface area contributed by atoms with Gasteiger partial charge < -0.3 is 14.7 Å². The highest BCUT2D eigenvalue weighted by atomic mass is 16.6. The number of benzene rings is 1. The van der Waals surface area contributed by atoms with E-state index in [1.807, 2.05) is 0 Å². The molecule has 0 saturated carbocycles. The van der Waals surface area contributed by atoms with E-state index in [1.54, 1.807) is 30.3 Å². The summed E-state index contributed by atoms with van der Waals surface area (Å²) in [6.07, 6.45) is 1.52. The standard InChI is InChI=1S/C14H11N3O4/c18-14(15-8-10-4-2-6-21-10)11-7-9-3-1-5-12(17(19)20)13(9)16-11/h1-7,16H,8H2,(H,15,18). The Bertz CT molecular complexity index is 805. The molecule has 0 radical (unpaired) electrons. The molecule has 7 heteroatoms. The number of carbonyl (C=O) groups is 1. The van der Waals surface area contributed by atoms with Gasteiger partial charge in [0.1, 0.15) is 17.0 Å². The number of furan rings is 1. The van der Waals surface area contributed by atoms with Crippen molar-refractivity contribution in [3.05, 3.63) is 64.2 Å². The zero-order valence-corrected chi connectivity index (χ0v) is 10.8. The van der Waals surface area contributed by atoms with Gasteiger partial charge in [-0.05, 0) is 18.2 Å². The van der Waals surface area contributed by atoms with Crippen molar-refractivity contribution in [2.45, 2.75) is 6.54 Å². The van der Waals surface area contributed by atoms with E-state index in [0.717, 1.165) is 0 Å². The summed E-state index contributed by atoms with van der Waals surface area (Å²) in [6.45, 7) is 0.253. The number of aromatic nitrogens is 1. The Balaban J connectivity index is 1.85. The van der Waals surface area contributed by atoms with Gasteiger partial charge >= 0.3 is 0 Å². The van der Waals surface area contributed by atoms with Gasteiger partial charge in [0.2, 0.25) is 0 Å². The summed E-state index contributed by atoms with van der Waals surface area (Å²) in [5.41, 5.74) is 0.550. The monoisotopic (exact) mass is 285 g/mol. The average Bonchev–Trinajstić information content (AvgIpc) is 3.12. The SMILES string of the molecule is O=C(NCc1ccco1)c1cc2cccc([N+](=O)[O-])c2[nH]1. The number of nitro benzene ring substituents is 1. The second-order valence-corrected chi connectivity index (χ2v) is 4.44. The van der Waals surface area contributed by atoms with Crippen LogP contribution in [0.2, 0.25) is 0 Å². The highest BCUT2D eigenvalue weighted by Crippen LogP contribution is 2.25. The van der Waals surface area contributed by atoms with E-state index in [2.05, 4.69) is 10.3 Å². The van der Waals surface area contributed by atoms with Crippen LogP contribution in [-0.4, -0.2) is 15.8 Å². The van der Waals surface area contributed by atoms with Crippen LogP contribution in [0.4, 0.5) is 5.69 Å². The second-order valence-electron chi connectivity index (χ2n) is 4.44. The van der Waals surface area contributed by atoms with Gasteiger partial charge in [-0.25, -0.2) is 0 Å². The van der Waals surface area contributed by atoms with Gasteiger partial charge in [-0.15, -0.1) is 0 Å². The van der Waals surface area contributed by atoms with E-state index < -0.39 is 4.92 Å². The Labute approximate surface area is 118 Å². The normalized spacial score (nSPS) is 10.7. The molecule has 0 aliphatic carbocycles. The lowest BCUT2D eigenvalue weighted by Crippen LogP contribution is -2.22. The number of carbonyl (C=O) groups excluding carboxylic acids is 1. The molecule has 3 aromatic rings. The Morgan fingerprint density at radius 1 is 1.33 bits per heavy atom. The van der Waals surface area contributed by atoms with Crippen LogP contribution >= 0.6 is 0 Å². The molecule has 0 atom stereocenters. The van der Waals surface area contributed by atoms with E-state index in [-0.39, 0.29) is 23.8 Å². The lowest BCUT2D eigenvalue weighted by atomic mass is 10.2. The zero-order valence-electron chi connectivity index (χ0n) is 10.8. The van der Waals surface area contributed by atoms with E-state index in [1.165, 1.54) is 12.3 Å². The molecule has 0 saturated heterocycles.